The molecule has 3 rings (SSSR count). The fourth-order valence-corrected chi connectivity index (χ4v) is 2.17. The summed E-state index contributed by atoms with van der Waals surface area (Å²) < 4.78 is 37.7. The SMILES string of the molecule is FC(F)(F)c1ccc(Nc2ncnc(Nc3cccc(Cl)c3)n2)cc1. The van der Waals surface area contributed by atoms with Crippen LogP contribution in [0.5, 0.6) is 0 Å². The highest BCUT2D eigenvalue weighted by Crippen LogP contribution is 2.30. The summed E-state index contributed by atoms with van der Waals surface area (Å²) in [5.74, 6) is 0.464. The van der Waals surface area contributed by atoms with E-state index in [1.807, 2.05) is 0 Å². The van der Waals surface area contributed by atoms with Crippen LogP contribution < -0.4 is 10.6 Å². The van der Waals surface area contributed by atoms with E-state index in [1.54, 1.807) is 24.3 Å². The Bertz CT molecular complexity index is 868. The topological polar surface area (TPSA) is 62.7 Å². The summed E-state index contributed by atoms with van der Waals surface area (Å²) in [6.07, 6.45) is -3.09. The number of nitrogens with one attached hydrogen (secondary N) is 2. The van der Waals surface area contributed by atoms with E-state index in [1.165, 1.54) is 18.5 Å². The molecule has 0 bridgehead atoms. The molecule has 1 aromatic heterocycles. The molecule has 0 spiro atoms. The summed E-state index contributed by atoms with van der Waals surface area (Å²) in [6, 6.07) is 11.6. The standard InChI is InChI=1S/C16H11ClF3N5/c17-11-2-1-3-13(8-11)24-15-22-9-21-14(25-15)23-12-6-4-10(5-7-12)16(18,19)20/h1-9H,(H2,21,22,23,24,25). The molecule has 0 aliphatic carbocycles. The zero-order valence-corrected chi connectivity index (χ0v) is 13.3. The predicted octanol–water partition coefficient (Wildman–Crippen LogP) is 5.03. The highest BCUT2D eigenvalue weighted by molar-refractivity contribution is 6.30. The van der Waals surface area contributed by atoms with Crippen LogP contribution in [0.4, 0.5) is 36.4 Å². The molecule has 0 aliphatic heterocycles. The Morgan fingerprint density at radius 1 is 0.840 bits per heavy atom. The molecule has 0 atom stereocenters. The summed E-state index contributed by atoms with van der Waals surface area (Å²) in [5, 5.41) is 6.35. The third kappa shape index (κ3) is 4.57. The number of nitrogens with zero attached hydrogens (tertiary/aromatic N) is 3. The Kier molecular flexibility index (Phi) is 4.71. The largest absolute Gasteiger partial charge is 0.416 e. The van der Waals surface area contributed by atoms with Gasteiger partial charge in [0, 0.05) is 16.4 Å². The van der Waals surface area contributed by atoms with Crippen LogP contribution in [-0.2, 0) is 6.18 Å². The van der Waals surface area contributed by atoms with E-state index >= 15 is 0 Å². The molecule has 0 unspecified atom stereocenters. The van der Waals surface area contributed by atoms with Gasteiger partial charge in [0.2, 0.25) is 11.9 Å². The number of anilines is 4. The number of rotatable bonds is 4. The van der Waals surface area contributed by atoms with Crippen LogP contribution in [0, 0.1) is 0 Å². The van der Waals surface area contributed by atoms with Gasteiger partial charge < -0.3 is 10.6 Å². The van der Waals surface area contributed by atoms with Crippen LogP contribution in [0.25, 0.3) is 0 Å². The van der Waals surface area contributed by atoms with Gasteiger partial charge in [0.05, 0.1) is 5.56 Å². The average Bonchev–Trinajstić information content (AvgIpc) is 2.55. The Morgan fingerprint density at radius 2 is 1.48 bits per heavy atom. The summed E-state index contributed by atoms with van der Waals surface area (Å²) in [7, 11) is 0. The van der Waals surface area contributed by atoms with E-state index in [9.17, 15) is 13.2 Å². The van der Waals surface area contributed by atoms with E-state index in [2.05, 4.69) is 25.6 Å². The van der Waals surface area contributed by atoms with Gasteiger partial charge in [-0.1, -0.05) is 17.7 Å². The zero-order chi connectivity index (χ0) is 17.9. The third-order valence-corrected chi connectivity index (χ3v) is 3.36. The van der Waals surface area contributed by atoms with Crippen molar-refractivity contribution >= 4 is 34.9 Å². The quantitative estimate of drug-likeness (QED) is 0.679. The molecule has 25 heavy (non-hydrogen) atoms. The fraction of sp³-hybridized carbons (Fsp3) is 0.0625. The summed E-state index contributed by atoms with van der Waals surface area (Å²) in [4.78, 5) is 12.1. The molecule has 9 heteroatoms. The Morgan fingerprint density at radius 3 is 2.08 bits per heavy atom. The molecule has 3 aromatic rings. The first-order valence-electron chi connectivity index (χ1n) is 7.06. The number of alkyl halides is 3. The van der Waals surface area contributed by atoms with Gasteiger partial charge in [-0.2, -0.15) is 18.2 Å². The minimum absolute atomic E-state index is 0.194. The van der Waals surface area contributed by atoms with Crippen molar-refractivity contribution < 1.29 is 13.2 Å². The second-order valence-electron chi connectivity index (χ2n) is 4.97. The molecular formula is C16H11ClF3N5. The molecule has 0 fully saturated rings. The summed E-state index contributed by atoms with van der Waals surface area (Å²) >= 11 is 5.91. The van der Waals surface area contributed by atoms with Gasteiger partial charge in [-0.3, -0.25) is 0 Å². The van der Waals surface area contributed by atoms with Crippen LogP contribution in [0.15, 0.2) is 54.9 Å². The number of hydrogen-bond acceptors (Lipinski definition) is 5. The van der Waals surface area contributed by atoms with Crippen LogP contribution in [0.1, 0.15) is 5.56 Å². The van der Waals surface area contributed by atoms with Gasteiger partial charge in [-0.25, -0.2) is 9.97 Å². The van der Waals surface area contributed by atoms with Crippen molar-refractivity contribution in [2.24, 2.45) is 0 Å². The van der Waals surface area contributed by atoms with E-state index < -0.39 is 11.7 Å². The van der Waals surface area contributed by atoms with Crippen molar-refractivity contribution in [1.29, 1.82) is 0 Å². The molecule has 0 saturated heterocycles. The number of hydrogen-bond donors (Lipinski definition) is 2. The zero-order valence-electron chi connectivity index (χ0n) is 12.5. The van der Waals surface area contributed by atoms with Crippen LogP contribution in [0.2, 0.25) is 5.02 Å². The van der Waals surface area contributed by atoms with Gasteiger partial charge in [-0.05, 0) is 42.5 Å². The molecule has 2 aromatic carbocycles. The number of aromatic nitrogens is 3. The number of benzene rings is 2. The van der Waals surface area contributed by atoms with Gasteiger partial charge >= 0.3 is 6.18 Å². The number of halogens is 4. The van der Waals surface area contributed by atoms with Gasteiger partial charge in [0.1, 0.15) is 6.33 Å². The predicted molar refractivity (Wildman–Crippen MR) is 89.3 cm³/mol. The lowest BCUT2D eigenvalue weighted by Crippen LogP contribution is -2.05. The smallest absolute Gasteiger partial charge is 0.324 e. The molecule has 1 heterocycles. The minimum Gasteiger partial charge on any atom is -0.324 e. The Balaban J connectivity index is 1.73. The van der Waals surface area contributed by atoms with Gasteiger partial charge in [0.15, 0.2) is 0 Å². The average molecular weight is 366 g/mol. The molecule has 2 N–H and O–H groups in total. The Labute approximate surface area is 145 Å². The maximum Gasteiger partial charge on any atom is 0.416 e. The highest BCUT2D eigenvalue weighted by atomic mass is 35.5. The van der Waals surface area contributed by atoms with Crippen LogP contribution in [-0.4, -0.2) is 15.0 Å². The second-order valence-corrected chi connectivity index (χ2v) is 5.40. The maximum absolute atomic E-state index is 12.6. The van der Waals surface area contributed by atoms with E-state index in [0.29, 0.717) is 16.4 Å². The van der Waals surface area contributed by atoms with Crippen LogP contribution in [0.3, 0.4) is 0 Å². The molecule has 0 saturated carbocycles. The van der Waals surface area contributed by atoms with Crippen molar-refractivity contribution in [1.82, 2.24) is 15.0 Å². The van der Waals surface area contributed by atoms with E-state index in [4.69, 9.17) is 11.6 Å². The summed E-state index contributed by atoms with van der Waals surface area (Å²) in [6.45, 7) is 0. The van der Waals surface area contributed by atoms with Crippen molar-refractivity contribution in [2.45, 2.75) is 6.18 Å². The molecule has 128 valence electrons. The highest BCUT2D eigenvalue weighted by Gasteiger charge is 2.29. The van der Waals surface area contributed by atoms with E-state index in [-0.39, 0.29) is 11.9 Å². The van der Waals surface area contributed by atoms with Crippen molar-refractivity contribution in [3.63, 3.8) is 0 Å². The molecule has 0 radical (unpaired) electrons. The lowest BCUT2D eigenvalue weighted by Gasteiger charge is -2.09. The Hall–Kier alpha value is -2.87. The first-order valence-corrected chi connectivity index (χ1v) is 7.44. The van der Waals surface area contributed by atoms with Gasteiger partial charge in [-0.15, -0.1) is 0 Å². The first kappa shape index (κ1) is 17.0. The van der Waals surface area contributed by atoms with Crippen molar-refractivity contribution in [3.05, 3.63) is 65.4 Å². The first-order chi connectivity index (χ1) is 11.9. The van der Waals surface area contributed by atoms with Gasteiger partial charge in [0.25, 0.3) is 0 Å². The minimum atomic E-state index is -4.38. The molecule has 5 nitrogen and oxygen atoms in total. The molecular weight excluding hydrogens is 355 g/mol. The van der Waals surface area contributed by atoms with E-state index in [0.717, 1.165) is 12.1 Å². The summed E-state index contributed by atoms with van der Waals surface area (Å²) in [5.41, 5.74) is 0.393. The normalized spacial score (nSPS) is 11.2. The van der Waals surface area contributed by atoms with Crippen molar-refractivity contribution in [3.8, 4) is 0 Å². The third-order valence-electron chi connectivity index (χ3n) is 3.12. The molecule has 0 aliphatic rings. The van der Waals surface area contributed by atoms with Crippen molar-refractivity contribution in [2.75, 3.05) is 10.6 Å². The molecule has 0 amide bonds. The second kappa shape index (κ2) is 6.94. The maximum atomic E-state index is 12.6. The van der Waals surface area contributed by atoms with Crippen LogP contribution >= 0.6 is 11.6 Å². The monoisotopic (exact) mass is 365 g/mol. The fourth-order valence-electron chi connectivity index (χ4n) is 1.98. The lowest BCUT2D eigenvalue weighted by molar-refractivity contribution is -0.137. The lowest BCUT2D eigenvalue weighted by atomic mass is 10.2.